The maximum Gasteiger partial charge on any atom is 0.298 e. The van der Waals surface area contributed by atoms with Gasteiger partial charge in [-0.15, -0.1) is 0 Å². The molecule has 0 aliphatic heterocycles. The summed E-state index contributed by atoms with van der Waals surface area (Å²) < 4.78 is 59.7. The number of rotatable bonds is 5. The summed E-state index contributed by atoms with van der Waals surface area (Å²) in [5.74, 6) is 0. The summed E-state index contributed by atoms with van der Waals surface area (Å²) >= 11 is 0. The topological polar surface area (TPSA) is 97.7 Å². The fourth-order valence-corrected chi connectivity index (χ4v) is 3.63. The minimum Gasteiger partial charge on any atom is -0.282 e. The van der Waals surface area contributed by atoms with E-state index in [4.69, 9.17) is 8.74 Å². The highest BCUT2D eigenvalue weighted by atomic mass is 32.2. The molecule has 0 aromatic heterocycles. The van der Waals surface area contributed by atoms with Gasteiger partial charge in [-0.25, -0.2) is 0 Å². The zero-order valence-electron chi connectivity index (χ0n) is 9.90. The average molecular weight is 294 g/mol. The summed E-state index contributed by atoms with van der Waals surface area (Å²) in [6, 6.07) is 4.73. The fraction of sp³-hybridized carbons (Fsp3) is 0.400. The molecule has 0 saturated carbocycles. The van der Waals surface area contributed by atoms with Crippen molar-refractivity contribution >= 4 is 20.2 Å². The minimum atomic E-state index is -4.62. The summed E-state index contributed by atoms with van der Waals surface area (Å²) in [6.45, 7) is 3.28. The van der Waals surface area contributed by atoms with Crippen molar-refractivity contribution in [1.29, 1.82) is 0 Å². The van der Waals surface area contributed by atoms with Crippen molar-refractivity contribution in [1.82, 2.24) is 0 Å². The van der Waals surface area contributed by atoms with Crippen LogP contribution in [0.15, 0.2) is 34.1 Å². The van der Waals surface area contributed by atoms with Crippen LogP contribution in [0.1, 0.15) is 20.3 Å². The number of hydrogen-bond donors (Lipinski definition) is 1. The third-order valence-electron chi connectivity index (χ3n) is 2.26. The fourth-order valence-electron chi connectivity index (χ4n) is 1.21. The summed E-state index contributed by atoms with van der Waals surface area (Å²) in [5.41, 5.74) is 0. The van der Waals surface area contributed by atoms with Crippen LogP contribution < -0.4 is 0 Å². The van der Waals surface area contributed by atoms with Gasteiger partial charge in [0.15, 0.2) is 0 Å². The standard InChI is InChI=1S/C10H14O6S2/c1-3-8(2)16-18(14,15)10-7-5-4-6-9(10)17(11,12)13/h4-8H,3H2,1-2H3,(H,11,12,13). The molecule has 1 atom stereocenters. The van der Waals surface area contributed by atoms with Crippen LogP contribution >= 0.6 is 0 Å². The Morgan fingerprint density at radius 3 is 2.11 bits per heavy atom. The van der Waals surface area contributed by atoms with Gasteiger partial charge in [0.25, 0.3) is 20.2 Å². The molecule has 0 radical (unpaired) electrons. The van der Waals surface area contributed by atoms with Crippen molar-refractivity contribution < 1.29 is 25.6 Å². The van der Waals surface area contributed by atoms with Gasteiger partial charge in [-0.05, 0) is 25.5 Å². The third-order valence-corrected chi connectivity index (χ3v) is 4.78. The van der Waals surface area contributed by atoms with E-state index in [1.54, 1.807) is 13.8 Å². The molecule has 0 fully saturated rings. The van der Waals surface area contributed by atoms with Crippen LogP contribution in [-0.4, -0.2) is 27.5 Å². The van der Waals surface area contributed by atoms with Crippen molar-refractivity contribution in [2.75, 3.05) is 0 Å². The molecule has 0 saturated heterocycles. The third kappa shape index (κ3) is 3.52. The van der Waals surface area contributed by atoms with Crippen LogP contribution in [-0.2, 0) is 24.4 Å². The molecular formula is C10H14O6S2. The van der Waals surface area contributed by atoms with E-state index in [9.17, 15) is 16.8 Å². The van der Waals surface area contributed by atoms with E-state index in [1.165, 1.54) is 12.1 Å². The van der Waals surface area contributed by atoms with Crippen LogP contribution in [0.3, 0.4) is 0 Å². The Labute approximate surface area is 106 Å². The normalized spacial score (nSPS) is 14.4. The Morgan fingerprint density at radius 1 is 1.17 bits per heavy atom. The van der Waals surface area contributed by atoms with Gasteiger partial charge in [-0.1, -0.05) is 19.1 Å². The van der Waals surface area contributed by atoms with Gasteiger partial charge in [-0.3, -0.25) is 8.74 Å². The largest absolute Gasteiger partial charge is 0.298 e. The highest BCUT2D eigenvalue weighted by Gasteiger charge is 2.26. The molecule has 1 N–H and O–H groups in total. The Balaban J connectivity index is 3.34. The number of benzene rings is 1. The Hall–Kier alpha value is -0.960. The van der Waals surface area contributed by atoms with Gasteiger partial charge in [-0.2, -0.15) is 16.8 Å². The Kier molecular flexibility index (Phi) is 4.49. The molecule has 0 aliphatic carbocycles. The van der Waals surface area contributed by atoms with Gasteiger partial charge >= 0.3 is 0 Å². The van der Waals surface area contributed by atoms with E-state index < -0.39 is 36.1 Å². The van der Waals surface area contributed by atoms with Crippen LogP contribution in [0.4, 0.5) is 0 Å². The van der Waals surface area contributed by atoms with Gasteiger partial charge < -0.3 is 0 Å². The van der Waals surface area contributed by atoms with Crippen LogP contribution in [0.5, 0.6) is 0 Å². The van der Waals surface area contributed by atoms with E-state index >= 15 is 0 Å². The molecule has 0 heterocycles. The molecular weight excluding hydrogens is 280 g/mol. The van der Waals surface area contributed by atoms with Gasteiger partial charge in [0.2, 0.25) is 0 Å². The highest BCUT2D eigenvalue weighted by Crippen LogP contribution is 2.23. The van der Waals surface area contributed by atoms with Crippen molar-refractivity contribution in [2.45, 2.75) is 36.2 Å². The highest BCUT2D eigenvalue weighted by molar-refractivity contribution is 7.89. The quantitative estimate of drug-likeness (QED) is 0.651. The first kappa shape index (κ1) is 15.1. The van der Waals surface area contributed by atoms with E-state index in [-0.39, 0.29) is 0 Å². The van der Waals surface area contributed by atoms with Gasteiger partial charge in [0.05, 0.1) is 6.10 Å². The molecule has 8 heteroatoms. The second-order valence-electron chi connectivity index (χ2n) is 3.69. The molecule has 0 spiro atoms. The molecule has 1 aromatic carbocycles. The summed E-state index contributed by atoms with van der Waals surface area (Å²) in [5, 5.41) is 0. The smallest absolute Gasteiger partial charge is 0.282 e. The second-order valence-corrected chi connectivity index (χ2v) is 6.62. The molecule has 0 bridgehead atoms. The van der Waals surface area contributed by atoms with Crippen LogP contribution in [0.2, 0.25) is 0 Å². The minimum absolute atomic E-state index is 0.452. The van der Waals surface area contributed by atoms with Crippen LogP contribution in [0, 0.1) is 0 Å². The van der Waals surface area contributed by atoms with Gasteiger partial charge in [0, 0.05) is 0 Å². The lowest BCUT2D eigenvalue weighted by Gasteiger charge is -2.12. The number of hydrogen-bond acceptors (Lipinski definition) is 5. The molecule has 18 heavy (non-hydrogen) atoms. The van der Waals surface area contributed by atoms with E-state index in [1.807, 2.05) is 0 Å². The molecule has 6 nitrogen and oxygen atoms in total. The first-order valence-electron chi connectivity index (χ1n) is 5.18. The molecule has 0 amide bonds. The molecule has 0 aliphatic rings. The average Bonchev–Trinajstić information content (AvgIpc) is 2.27. The van der Waals surface area contributed by atoms with Crippen molar-refractivity contribution in [3.8, 4) is 0 Å². The van der Waals surface area contributed by atoms with Gasteiger partial charge in [0.1, 0.15) is 9.79 Å². The van der Waals surface area contributed by atoms with Crippen molar-refractivity contribution in [3.63, 3.8) is 0 Å². The summed E-state index contributed by atoms with van der Waals surface area (Å²) in [6.07, 6.45) is -0.128. The van der Waals surface area contributed by atoms with Crippen molar-refractivity contribution in [2.24, 2.45) is 0 Å². The zero-order chi connectivity index (χ0) is 14.0. The predicted molar refractivity (Wildman–Crippen MR) is 64.3 cm³/mol. The van der Waals surface area contributed by atoms with Crippen molar-refractivity contribution in [3.05, 3.63) is 24.3 Å². The molecule has 1 rings (SSSR count). The maximum absolute atomic E-state index is 11.9. The van der Waals surface area contributed by atoms with E-state index in [2.05, 4.69) is 0 Å². The van der Waals surface area contributed by atoms with Crippen LogP contribution in [0.25, 0.3) is 0 Å². The lowest BCUT2D eigenvalue weighted by atomic mass is 10.3. The SMILES string of the molecule is CCC(C)OS(=O)(=O)c1ccccc1S(=O)(=O)O. The Morgan fingerprint density at radius 2 is 1.67 bits per heavy atom. The molecule has 102 valence electrons. The van der Waals surface area contributed by atoms with E-state index in [0.29, 0.717) is 6.42 Å². The first-order chi connectivity index (χ1) is 8.18. The first-order valence-corrected chi connectivity index (χ1v) is 8.03. The monoisotopic (exact) mass is 294 g/mol. The lowest BCUT2D eigenvalue weighted by molar-refractivity contribution is 0.224. The molecule has 1 unspecified atom stereocenters. The Bertz CT molecular complexity index is 618. The predicted octanol–water partition coefficient (Wildman–Crippen LogP) is 1.44. The lowest BCUT2D eigenvalue weighted by Crippen LogP contribution is -2.17. The summed E-state index contributed by atoms with van der Waals surface area (Å²) in [4.78, 5) is -1.25. The zero-order valence-corrected chi connectivity index (χ0v) is 11.5. The summed E-state index contributed by atoms with van der Waals surface area (Å²) in [7, 11) is -8.84. The second kappa shape index (κ2) is 5.35. The molecule has 1 aromatic rings. The van der Waals surface area contributed by atoms with E-state index in [0.717, 1.165) is 12.1 Å². The maximum atomic E-state index is 11.9.